The minimum atomic E-state index is -4.04. The van der Waals surface area contributed by atoms with Gasteiger partial charge < -0.3 is 8.75 Å². The number of Topliss-reactive ketones (excluding diaryl/α,β-unsaturated/α-hetero) is 1. The van der Waals surface area contributed by atoms with Gasteiger partial charge in [0.05, 0.1) is 5.52 Å². The monoisotopic (exact) mass is 447 g/mol. The van der Waals surface area contributed by atoms with Gasteiger partial charge in [-0.2, -0.15) is 8.42 Å². The fourth-order valence-corrected chi connectivity index (χ4v) is 5.88. The van der Waals surface area contributed by atoms with Crippen molar-refractivity contribution in [3.63, 3.8) is 0 Å². The van der Waals surface area contributed by atoms with Crippen molar-refractivity contribution >= 4 is 26.8 Å². The topological polar surface area (TPSA) is 65.4 Å². The van der Waals surface area contributed by atoms with Gasteiger partial charge in [0.1, 0.15) is 10.6 Å². The maximum atomic E-state index is 13.1. The van der Waals surface area contributed by atoms with Crippen LogP contribution in [-0.4, -0.2) is 18.8 Å². The molecule has 0 bridgehead atoms. The second kappa shape index (κ2) is 7.95. The number of hydrogen-bond donors (Lipinski definition) is 0. The van der Waals surface area contributed by atoms with E-state index >= 15 is 0 Å². The van der Waals surface area contributed by atoms with E-state index < -0.39 is 10.1 Å². The molecule has 0 N–H and O–H groups in total. The standard InChI is InChI=1S/C26H25NO4S/c1-16-13-17(2)26(18(3)14-16)32(29,30)31-22-11-12-24-23(15-22)25(20(5)28)19(4)27(24)21-9-7-6-8-10-21/h6-15H,1-5H3. The molecule has 0 spiro atoms. The molecule has 3 aromatic carbocycles. The Labute approximate surface area is 188 Å². The summed E-state index contributed by atoms with van der Waals surface area (Å²) in [6.45, 7) is 8.85. The minimum absolute atomic E-state index is 0.0904. The van der Waals surface area contributed by atoms with Crippen LogP contribution in [0.2, 0.25) is 0 Å². The maximum Gasteiger partial charge on any atom is 0.339 e. The molecule has 0 aliphatic rings. The highest BCUT2D eigenvalue weighted by molar-refractivity contribution is 7.87. The molecule has 0 saturated carbocycles. The normalized spacial score (nSPS) is 11.7. The average molecular weight is 448 g/mol. The van der Waals surface area contributed by atoms with Crippen molar-refractivity contribution in [1.29, 1.82) is 0 Å². The van der Waals surface area contributed by atoms with Crippen molar-refractivity contribution in [3.8, 4) is 11.4 Å². The molecule has 164 valence electrons. The number of ketones is 1. The van der Waals surface area contributed by atoms with Gasteiger partial charge in [-0.25, -0.2) is 0 Å². The van der Waals surface area contributed by atoms with Crippen LogP contribution in [0.3, 0.4) is 0 Å². The number of aryl methyl sites for hydroxylation is 3. The predicted molar refractivity (Wildman–Crippen MR) is 126 cm³/mol. The molecular weight excluding hydrogens is 422 g/mol. The van der Waals surface area contributed by atoms with Crippen LogP contribution in [-0.2, 0) is 10.1 Å². The highest BCUT2D eigenvalue weighted by atomic mass is 32.2. The van der Waals surface area contributed by atoms with Gasteiger partial charge in [0.15, 0.2) is 5.78 Å². The zero-order chi connectivity index (χ0) is 23.2. The highest BCUT2D eigenvalue weighted by Crippen LogP contribution is 2.34. The van der Waals surface area contributed by atoms with E-state index in [-0.39, 0.29) is 16.4 Å². The second-order valence-corrected chi connectivity index (χ2v) is 9.61. The summed E-state index contributed by atoms with van der Waals surface area (Å²) in [4.78, 5) is 12.7. The van der Waals surface area contributed by atoms with Crippen LogP contribution in [0, 0.1) is 27.7 Å². The molecular formula is C26H25NO4S. The fraction of sp³-hybridized carbons (Fsp3) is 0.192. The smallest absolute Gasteiger partial charge is 0.339 e. The Morgan fingerprint density at radius 3 is 2.09 bits per heavy atom. The van der Waals surface area contributed by atoms with Crippen molar-refractivity contribution in [2.24, 2.45) is 0 Å². The number of rotatable bonds is 5. The summed E-state index contributed by atoms with van der Waals surface area (Å²) in [6.07, 6.45) is 0. The third-order valence-corrected chi connectivity index (χ3v) is 7.16. The summed E-state index contributed by atoms with van der Waals surface area (Å²) in [5, 5.41) is 0.656. The molecule has 0 amide bonds. The van der Waals surface area contributed by atoms with Crippen molar-refractivity contribution < 1.29 is 17.4 Å². The first-order valence-electron chi connectivity index (χ1n) is 10.3. The van der Waals surface area contributed by atoms with Gasteiger partial charge in [-0.3, -0.25) is 4.79 Å². The lowest BCUT2D eigenvalue weighted by molar-refractivity contribution is 0.101. The fourth-order valence-electron chi connectivity index (χ4n) is 4.53. The SMILES string of the molecule is CC(=O)c1c(C)n(-c2ccccc2)c2ccc(OS(=O)(=O)c3c(C)cc(C)cc3C)cc12. The summed E-state index contributed by atoms with van der Waals surface area (Å²) in [5.41, 5.74) is 5.35. The summed E-state index contributed by atoms with van der Waals surface area (Å²) < 4.78 is 33.8. The third-order valence-electron chi connectivity index (χ3n) is 5.60. The Morgan fingerprint density at radius 2 is 1.50 bits per heavy atom. The van der Waals surface area contributed by atoms with Crippen LogP contribution >= 0.6 is 0 Å². The Hall–Kier alpha value is -3.38. The summed E-state index contributed by atoms with van der Waals surface area (Å²) in [5.74, 6) is 0.0806. The molecule has 0 saturated heterocycles. The number of carbonyl (C=O) groups excluding carboxylic acids is 1. The number of nitrogens with zero attached hydrogens (tertiary/aromatic N) is 1. The molecule has 32 heavy (non-hydrogen) atoms. The molecule has 4 rings (SSSR count). The Morgan fingerprint density at radius 1 is 0.875 bits per heavy atom. The lowest BCUT2D eigenvalue weighted by Crippen LogP contribution is -2.13. The molecule has 0 aliphatic heterocycles. The molecule has 0 fully saturated rings. The van der Waals surface area contributed by atoms with Crippen LogP contribution in [0.5, 0.6) is 5.75 Å². The minimum Gasteiger partial charge on any atom is -0.379 e. The number of aromatic nitrogens is 1. The van der Waals surface area contributed by atoms with Gasteiger partial charge in [0.2, 0.25) is 0 Å². The van der Waals surface area contributed by atoms with Crippen molar-refractivity contribution in [2.45, 2.75) is 39.5 Å². The first-order chi connectivity index (χ1) is 15.1. The predicted octanol–water partition coefficient (Wildman–Crippen LogP) is 5.83. The van der Waals surface area contributed by atoms with Gasteiger partial charge in [-0.05, 0) is 76.1 Å². The van der Waals surface area contributed by atoms with E-state index in [0.717, 1.165) is 22.5 Å². The number of benzene rings is 3. The van der Waals surface area contributed by atoms with Gasteiger partial charge >= 0.3 is 10.1 Å². The molecule has 0 radical (unpaired) electrons. The molecule has 6 heteroatoms. The summed E-state index contributed by atoms with van der Waals surface area (Å²) in [7, 11) is -4.04. The summed E-state index contributed by atoms with van der Waals surface area (Å²) in [6, 6.07) is 18.4. The van der Waals surface area contributed by atoms with E-state index in [4.69, 9.17) is 4.18 Å². The van der Waals surface area contributed by atoms with Gasteiger partial charge in [0, 0.05) is 22.3 Å². The van der Waals surface area contributed by atoms with Crippen LogP contribution in [0.4, 0.5) is 0 Å². The highest BCUT2D eigenvalue weighted by Gasteiger charge is 2.24. The summed E-state index contributed by atoms with van der Waals surface area (Å²) >= 11 is 0. The molecule has 0 atom stereocenters. The van der Waals surface area contributed by atoms with Crippen LogP contribution in [0.1, 0.15) is 39.7 Å². The zero-order valence-electron chi connectivity index (χ0n) is 18.8. The lowest BCUT2D eigenvalue weighted by Gasteiger charge is -2.13. The molecule has 1 heterocycles. The third kappa shape index (κ3) is 3.71. The molecule has 1 aromatic heterocycles. The number of hydrogen-bond acceptors (Lipinski definition) is 4. The molecule has 5 nitrogen and oxygen atoms in total. The van der Waals surface area contributed by atoms with Gasteiger partial charge in [0.25, 0.3) is 0 Å². The maximum absolute atomic E-state index is 13.1. The Bertz CT molecular complexity index is 1440. The number of fused-ring (bicyclic) bond motifs is 1. The van der Waals surface area contributed by atoms with Crippen LogP contribution in [0.25, 0.3) is 16.6 Å². The lowest BCUT2D eigenvalue weighted by atomic mass is 10.1. The quantitative estimate of drug-likeness (QED) is 0.285. The first-order valence-corrected chi connectivity index (χ1v) is 11.7. The van der Waals surface area contributed by atoms with E-state index in [0.29, 0.717) is 22.1 Å². The van der Waals surface area contributed by atoms with E-state index in [1.54, 1.807) is 32.0 Å². The first kappa shape index (κ1) is 21.8. The van der Waals surface area contributed by atoms with Gasteiger partial charge in [-0.1, -0.05) is 35.9 Å². The van der Waals surface area contributed by atoms with Crippen molar-refractivity contribution in [3.05, 3.63) is 88.6 Å². The zero-order valence-corrected chi connectivity index (χ0v) is 19.6. The molecule has 4 aromatic rings. The second-order valence-electron chi connectivity index (χ2n) is 8.13. The number of carbonyl (C=O) groups is 1. The average Bonchev–Trinajstić information content (AvgIpc) is 2.98. The number of para-hydroxylation sites is 1. The van der Waals surface area contributed by atoms with E-state index in [2.05, 4.69) is 0 Å². The van der Waals surface area contributed by atoms with Crippen molar-refractivity contribution in [2.75, 3.05) is 0 Å². The Balaban J connectivity index is 1.86. The largest absolute Gasteiger partial charge is 0.379 e. The molecule has 0 unspecified atom stereocenters. The van der Waals surface area contributed by atoms with Crippen molar-refractivity contribution in [1.82, 2.24) is 4.57 Å². The van der Waals surface area contributed by atoms with Gasteiger partial charge in [-0.15, -0.1) is 0 Å². The van der Waals surface area contributed by atoms with E-state index in [1.165, 1.54) is 6.92 Å². The van der Waals surface area contributed by atoms with Crippen LogP contribution in [0.15, 0.2) is 65.6 Å². The van der Waals surface area contributed by atoms with Crippen LogP contribution < -0.4 is 4.18 Å². The Kier molecular flexibility index (Phi) is 5.42. The van der Waals surface area contributed by atoms with E-state index in [1.807, 2.05) is 60.9 Å². The van der Waals surface area contributed by atoms with E-state index in [9.17, 15) is 13.2 Å². The molecule has 0 aliphatic carbocycles.